The quantitative estimate of drug-likeness (QED) is 0.450. The minimum atomic E-state index is -1.85. The fourth-order valence-electron chi connectivity index (χ4n) is 1.43. The highest BCUT2D eigenvalue weighted by Gasteiger charge is 2.45. The van der Waals surface area contributed by atoms with Crippen LogP contribution in [0, 0.1) is 0 Å². The van der Waals surface area contributed by atoms with Crippen LogP contribution in [-0.4, -0.2) is 65.4 Å². The Kier molecular flexibility index (Phi) is 12.4. The fourth-order valence-corrected chi connectivity index (χ4v) is 4.15. The van der Waals surface area contributed by atoms with Crippen molar-refractivity contribution >= 4 is 43.5 Å². The van der Waals surface area contributed by atoms with Gasteiger partial charge in [-0.05, 0) is 36.9 Å². The van der Waals surface area contributed by atoms with Crippen molar-refractivity contribution in [1.82, 2.24) is 0 Å². The van der Waals surface area contributed by atoms with Gasteiger partial charge in [0, 0.05) is 0 Å². The van der Waals surface area contributed by atoms with Crippen LogP contribution >= 0.6 is 23.5 Å². The second kappa shape index (κ2) is 11.3. The number of thioether (sulfide) groups is 2. The number of aliphatic carboxylic acids is 2. The molecule has 0 radical (unpaired) electrons. The van der Waals surface area contributed by atoms with Gasteiger partial charge in [0.25, 0.3) is 0 Å². The molecule has 0 rings (SSSR count). The summed E-state index contributed by atoms with van der Waals surface area (Å²) in [6, 6.07) is -0.683. The second-order valence-electron chi connectivity index (χ2n) is 6.00. The first-order valence-electron chi connectivity index (χ1n) is 6.92. The zero-order valence-corrected chi connectivity index (χ0v) is 16.7. The Morgan fingerprint density at radius 1 is 1.14 bits per heavy atom. The normalized spacial score (nSPS) is 15.2. The van der Waals surface area contributed by atoms with Gasteiger partial charge in [-0.15, -0.1) is 0 Å². The lowest BCUT2D eigenvalue weighted by Crippen LogP contribution is -2.65. The Morgan fingerprint density at radius 2 is 1.59 bits per heavy atom. The molecule has 0 saturated heterocycles. The van der Waals surface area contributed by atoms with E-state index in [0.717, 1.165) is 11.5 Å². The molecule has 0 fully saturated rings. The van der Waals surface area contributed by atoms with Crippen LogP contribution in [-0.2, 0) is 9.59 Å². The maximum absolute atomic E-state index is 11.1. The highest BCUT2D eigenvalue weighted by molar-refractivity contribution is 7.98. The summed E-state index contributed by atoms with van der Waals surface area (Å²) in [5.74, 6) is -0.134. The molecule has 6 N–H and O–H groups in total. The Bertz CT molecular complexity index is 353. The molecule has 0 saturated carbocycles. The number of carbonyl (C=O) groups is 2. The molecule has 6 nitrogen and oxygen atoms in total. The summed E-state index contributed by atoms with van der Waals surface area (Å²) < 4.78 is 0. The van der Waals surface area contributed by atoms with E-state index in [1.807, 2.05) is 32.2 Å². The third-order valence-corrected chi connectivity index (χ3v) is 7.77. The van der Waals surface area contributed by atoms with Crippen LogP contribution in [0.2, 0.25) is 19.6 Å². The van der Waals surface area contributed by atoms with Gasteiger partial charge in [-0.1, -0.05) is 19.6 Å². The summed E-state index contributed by atoms with van der Waals surface area (Å²) in [4.78, 5) is 21.1. The van der Waals surface area contributed by atoms with E-state index < -0.39 is 31.2 Å². The minimum absolute atomic E-state index is 0.552. The van der Waals surface area contributed by atoms with E-state index in [2.05, 4.69) is 0 Å². The van der Waals surface area contributed by atoms with Crippen molar-refractivity contribution in [3.63, 3.8) is 0 Å². The first kappa shape index (κ1) is 24.0. The van der Waals surface area contributed by atoms with Crippen LogP contribution in [0.4, 0.5) is 0 Å². The summed E-state index contributed by atoms with van der Waals surface area (Å²) in [6.45, 7) is 6.00. The van der Waals surface area contributed by atoms with Crippen LogP contribution in [0.5, 0.6) is 0 Å². The molecular weight excluding hydrogens is 340 g/mol. The molecule has 22 heavy (non-hydrogen) atoms. The number of carboxylic acid groups (broad SMARTS) is 2. The zero-order chi connectivity index (χ0) is 18.0. The van der Waals surface area contributed by atoms with E-state index in [1.54, 1.807) is 23.5 Å². The molecule has 0 aliphatic rings. The van der Waals surface area contributed by atoms with Gasteiger partial charge in [-0.25, -0.2) is 0 Å². The number of nitrogens with two attached hydrogens (primary N) is 2. The monoisotopic (exact) mass is 370 g/mol. The highest BCUT2D eigenvalue weighted by atomic mass is 32.2. The molecule has 9 heteroatoms. The van der Waals surface area contributed by atoms with Gasteiger partial charge in [0.15, 0.2) is 0 Å². The van der Waals surface area contributed by atoms with Crippen molar-refractivity contribution in [3.05, 3.63) is 0 Å². The molecular formula is C13H30N2O4S2Si. The van der Waals surface area contributed by atoms with Crippen molar-refractivity contribution in [2.45, 2.75) is 43.7 Å². The van der Waals surface area contributed by atoms with Gasteiger partial charge in [0.1, 0.15) is 11.2 Å². The minimum Gasteiger partial charge on any atom is -0.480 e. The Labute approximate surface area is 142 Å². The number of hydrogen-bond acceptors (Lipinski definition) is 6. The number of carboxylic acids is 2. The molecule has 0 amide bonds. The molecule has 0 aliphatic heterocycles. The molecule has 2 atom stereocenters. The Balaban J connectivity index is 0. The van der Waals surface area contributed by atoms with E-state index in [0.29, 0.717) is 12.8 Å². The molecule has 0 unspecified atom stereocenters. The number of rotatable bonds is 9. The topological polar surface area (TPSA) is 127 Å². The van der Waals surface area contributed by atoms with Crippen molar-refractivity contribution in [1.29, 1.82) is 0 Å². The van der Waals surface area contributed by atoms with Gasteiger partial charge in [-0.3, -0.25) is 9.59 Å². The van der Waals surface area contributed by atoms with E-state index >= 15 is 0 Å². The Hall–Kier alpha value is -0.223. The van der Waals surface area contributed by atoms with Crippen molar-refractivity contribution < 1.29 is 19.8 Å². The smallest absolute Gasteiger partial charge is 0.320 e. The largest absolute Gasteiger partial charge is 0.480 e. The predicted octanol–water partition coefficient (Wildman–Crippen LogP) is 1.55. The summed E-state index contributed by atoms with van der Waals surface area (Å²) in [5, 5.41) is 16.4. The standard InChI is InChI=1S/C8H19NO2SSi.C5H11NO2S/c1-12-6-5-8(9,7(10)11)13(2,3)4;1-9-3-2-4(6)5(7)8/h5-6,9H2,1-4H3,(H,10,11);4H,2-3,6H2,1H3,(H,7,8)/t8-;4-/m10/s1. The molecule has 0 aliphatic carbocycles. The highest BCUT2D eigenvalue weighted by Crippen LogP contribution is 2.23. The van der Waals surface area contributed by atoms with Gasteiger partial charge in [-0.2, -0.15) is 23.5 Å². The maximum atomic E-state index is 11.1. The summed E-state index contributed by atoms with van der Waals surface area (Å²) in [6.07, 6.45) is 5.01. The van der Waals surface area contributed by atoms with Crippen LogP contribution in [0.25, 0.3) is 0 Å². The summed E-state index contributed by atoms with van der Waals surface area (Å²) >= 11 is 3.24. The first-order chi connectivity index (χ1) is 9.93. The van der Waals surface area contributed by atoms with Gasteiger partial charge >= 0.3 is 11.9 Å². The van der Waals surface area contributed by atoms with Gasteiger partial charge in [0.2, 0.25) is 0 Å². The lowest BCUT2D eigenvalue weighted by atomic mass is 10.2. The summed E-state index contributed by atoms with van der Waals surface area (Å²) in [5.41, 5.74) is 11.1. The molecule has 0 aromatic carbocycles. The third kappa shape index (κ3) is 9.04. The SMILES string of the molecule is CSCC[C@H](N)C(=O)O.CSCC[C@](N)(C(=O)O)[Si](C)(C)C. The third-order valence-electron chi connectivity index (χ3n) is 3.37. The van der Waals surface area contributed by atoms with E-state index in [9.17, 15) is 9.59 Å². The number of hydrogen-bond donors (Lipinski definition) is 4. The maximum Gasteiger partial charge on any atom is 0.320 e. The first-order valence-corrected chi connectivity index (χ1v) is 13.2. The average Bonchev–Trinajstić information content (AvgIpc) is 2.41. The molecule has 0 spiro atoms. The van der Waals surface area contributed by atoms with Crippen LogP contribution in [0.15, 0.2) is 0 Å². The van der Waals surface area contributed by atoms with E-state index in [4.69, 9.17) is 21.7 Å². The molecule has 132 valence electrons. The zero-order valence-electron chi connectivity index (χ0n) is 14.1. The average molecular weight is 371 g/mol. The summed E-state index contributed by atoms with van der Waals surface area (Å²) in [7, 11) is -1.85. The van der Waals surface area contributed by atoms with Gasteiger partial charge < -0.3 is 21.7 Å². The van der Waals surface area contributed by atoms with Crippen LogP contribution in [0.3, 0.4) is 0 Å². The molecule has 0 bridgehead atoms. The molecule has 0 heterocycles. The molecule has 0 aromatic rings. The van der Waals surface area contributed by atoms with Gasteiger partial charge in [0.05, 0.1) is 8.07 Å². The lowest BCUT2D eigenvalue weighted by molar-refractivity contribution is -0.140. The fraction of sp³-hybridized carbons (Fsp3) is 0.846. The van der Waals surface area contributed by atoms with E-state index in [-0.39, 0.29) is 0 Å². The van der Waals surface area contributed by atoms with E-state index in [1.165, 1.54) is 0 Å². The lowest BCUT2D eigenvalue weighted by Gasteiger charge is -2.36. The Morgan fingerprint density at radius 3 is 1.86 bits per heavy atom. The van der Waals surface area contributed by atoms with Crippen LogP contribution < -0.4 is 11.5 Å². The van der Waals surface area contributed by atoms with Crippen molar-refractivity contribution in [2.75, 3.05) is 24.0 Å². The van der Waals surface area contributed by atoms with Crippen molar-refractivity contribution in [2.24, 2.45) is 11.5 Å². The second-order valence-corrected chi connectivity index (χ2v) is 13.4. The molecule has 0 aromatic heterocycles. The van der Waals surface area contributed by atoms with Crippen molar-refractivity contribution in [3.8, 4) is 0 Å². The van der Waals surface area contributed by atoms with Crippen LogP contribution in [0.1, 0.15) is 12.8 Å². The predicted molar refractivity (Wildman–Crippen MR) is 99.5 cm³/mol.